The van der Waals surface area contributed by atoms with Gasteiger partial charge in [0.2, 0.25) is 0 Å². The number of hydrogen-bond donors (Lipinski definition) is 1. The lowest BCUT2D eigenvalue weighted by Crippen LogP contribution is -2.35. The summed E-state index contributed by atoms with van der Waals surface area (Å²) in [6.45, 7) is 2.75. The fourth-order valence-corrected chi connectivity index (χ4v) is 2.54. The topological polar surface area (TPSA) is 52.9 Å². The van der Waals surface area contributed by atoms with E-state index in [0.717, 1.165) is 36.8 Å². The molecule has 17 heavy (non-hydrogen) atoms. The molecule has 0 aromatic heterocycles. The highest BCUT2D eigenvalue weighted by Crippen LogP contribution is 2.30. The number of phenols is 1. The third kappa shape index (κ3) is 2.40. The Balaban J connectivity index is 2.15. The summed E-state index contributed by atoms with van der Waals surface area (Å²) >= 11 is 0. The maximum Gasteiger partial charge on any atom is 0.119 e. The van der Waals surface area contributed by atoms with Crippen LogP contribution < -0.4 is 0 Å². The molecule has 92 valence electrons. The average Bonchev–Trinajstić information content (AvgIpc) is 2.36. The van der Waals surface area contributed by atoms with Crippen LogP contribution in [0.5, 0.6) is 5.75 Å². The fraction of sp³-hybridized carbons (Fsp3) is 0.538. The Morgan fingerprint density at radius 2 is 2.35 bits per heavy atom. The Bertz CT molecular complexity index is 406. The van der Waals surface area contributed by atoms with Gasteiger partial charge < -0.3 is 5.11 Å². The molecule has 0 unspecified atom stereocenters. The number of fused-ring (bicyclic) bond motifs is 1. The first-order chi connectivity index (χ1) is 8.26. The van der Waals surface area contributed by atoms with Gasteiger partial charge in [0.15, 0.2) is 0 Å². The first-order valence-electron chi connectivity index (χ1n) is 6.16. The van der Waals surface area contributed by atoms with Crippen molar-refractivity contribution in [3.8, 4) is 5.75 Å². The van der Waals surface area contributed by atoms with Crippen molar-refractivity contribution >= 4 is 0 Å². The number of aromatic hydroxyl groups is 1. The Kier molecular flexibility index (Phi) is 3.61. The summed E-state index contributed by atoms with van der Waals surface area (Å²) in [6.07, 6.45) is 3.43. The van der Waals surface area contributed by atoms with Gasteiger partial charge in [-0.25, -0.2) is 0 Å². The van der Waals surface area contributed by atoms with Gasteiger partial charge in [0, 0.05) is 6.54 Å². The van der Waals surface area contributed by atoms with Crippen molar-refractivity contribution in [2.24, 2.45) is 5.29 Å². The molecule has 0 heterocycles. The zero-order chi connectivity index (χ0) is 12.3. The molecule has 1 N–H and O–H groups in total. The highest BCUT2D eigenvalue weighted by Gasteiger charge is 2.25. The summed E-state index contributed by atoms with van der Waals surface area (Å²) in [5, 5.41) is 14.5. The van der Waals surface area contributed by atoms with Gasteiger partial charge in [0.05, 0.1) is 11.3 Å². The molecule has 1 aromatic rings. The largest absolute Gasteiger partial charge is 0.508 e. The predicted octanol–water partition coefficient (Wildman–Crippen LogP) is 2.64. The molecule has 1 aliphatic rings. The standard InChI is InChI=1S/C13H18N2O2/c1-2-8-15(14-17)11-6-7-12-10(9-11)4-3-5-13(12)16/h3-5,11,16H,2,6-9H2,1H3/t11-/m0/s1. The van der Waals surface area contributed by atoms with E-state index in [-0.39, 0.29) is 6.04 Å². The molecule has 1 aromatic carbocycles. The van der Waals surface area contributed by atoms with Gasteiger partial charge in [0.25, 0.3) is 0 Å². The van der Waals surface area contributed by atoms with Gasteiger partial charge in [-0.2, -0.15) is 0 Å². The van der Waals surface area contributed by atoms with E-state index in [1.807, 2.05) is 19.1 Å². The molecule has 0 saturated carbocycles. The van der Waals surface area contributed by atoms with Crippen molar-refractivity contribution in [1.29, 1.82) is 0 Å². The molecule has 0 amide bonds. The van der Waals surface area contributed by atoms with E-state index in [2.05, 4.69) is 5.29 Å². The quantitative estimate of drug-likeness (QED) is 0.643. The number of benzene rings is 1. The monoisotopic (exact) mass is 234 g/mol. The molecular formula is C13H18N2O2. The Morgan fingerprint density at radius 1 is 1.53 bits per heavy atom. The molecular weight excluding hydrogens is 216 g/mol. The van der Waals surface area contributed by atoms with Crippen LogP contribution in [0.15, 0.2) is 23.5 Å². The molecule has 2 rings (SSSR count). The lowest BCUT2D eigenvalue weighted by atomic mass is 9.87. The van der Waals surface area contributed by atoms with Crippen LogP contribution in [-0.4, -0.2) is 22.7 Å². The smallest absolute Gasteiger partial charge is 0.119 e. The van der Waals surface area contributed by atoms with E-state index in [1.54, 1.807) is 11.1 Å². The van der Waals surface area contributed by atoms with Crippen LogP contribution in [0.1, 0.15) is 30.9 Å². The predicted molar refractivity (Wildman–Crippen MR) is 66.7 cm³/mol. The highest BCUT2D eigenvalue weighted by molar-refractivity contribution is 5.41. The number of nitrogens with zero attached hydrogens (tertiary/aromatic N) is 2. The molecule has 0 aliphatic heterocycles. The van der Waals surface area contributed by atoms with Crippen LogP contribution in [0, 0.1) is 4.91 Å². The summed E-state index contributed by atoms with van der Waals surface area (Å²) in [4.78, 5) is 10.8. The van der Waals surface area contributed by atoms with E-state index in [4.69, 9.17) is 0 Å². The van der Waals surface area contributed by atoms with Crippen molar-refractivity contribution in [1.82, 2.24) is 5.01 Å². The maximum atomic E-state index is 10.8. The molecule has 0 spiro atoms. The Labute approximate surface area is 101 Å². The summed E-state index contributed by atoms with van der Waals surface area (Å²) in [5.41, 5.74) is 2.18. The molecule has 0 fully saturated rings. The van der Waals surface area contributed by atoms with Gasteiger partial charge in [-0.3, -0.25) is 5.01 Å². The first-order valence-corrected chi connectivity index (χ1v) is 6.16. The normalized spacial score (nSPS) is 18.5. The van der Waals surface area contributed by atoms with Crippen LogP contribution in [-0.2, 0) is 12.8 Å². The second-order valence-electron chi connectivity index (χ2n) is 4.56. The Hall–Kier alpha value is -1.58. The summed E-state index contributed by atoms with van der Waals surface area (Å²) < 4.78 is 0. The van der Waals surface area contributed by atoms with Crippen molar-refractivity contribution in [3.63, 3.8) is 0 Å². The van der Waals surface area contributed by atoms with E-state index >= 15 is 0 Å². The molecule has 0 bridgehead atoms. The third-order valence-corrected chi connectivity index (χ3v) is 3.41. The number of phenolic OH excluding ortho intramolecular Hbond substituents is 1. The number of nitroso groups, excluding NO2 is 1. The molecule has 4 heteroatoms. The third-order valence-electron chi connectivity index (χ3n) is 3.41. The number of rotatable bonds is 4. The first kappa shape index (κ1) is 11.9. The zero-order valence-corrected chi connectivity index (χ0v) is 10.1. The van der Waals surface area contributed by atoms with Crippen LogP contribution in [0.25, 0.3) is 0 Å². The van der Waals surface area contributed by atoms with E-state index in [0.29, 0.717) is 12.3 Å². The van der Waals surface area contributed by atoms with Crippen molar-refractivity contribution in [2.75, 3.05) is 6.54 Å². The van der Waals surface area contributed by atoms with Crippen molar-refractivity contribution in [3.05, 3.63) is 34.2 Å². The minimum absolute atomic E-state index is 0.182. The van der Waals surface area contributed by atoms with Crippen LogP contribution in [0.4, 0.5) is 0 Å². The van der Waals surface area contributed by atoms with Crippen molar-refractivity contribution < 1.29 is 5.11 Å². The lowest BCUT2D eigenvalue weighted by molar-refractivity contribution is 0.184. The molecule has 0 radical (unpaired) electrons. The zero-order valence-electron chi connectivity index (χ0n) is 10.1. The second kappa shape index (κ2) is 5.17. The summed E-state index contributed by atoms with van der Waals surface area (Å²) in [7, 11) is 0. The molecule has 1 atom stereocenters. The molecule has 1 aliphatic carbocycles. The summed E-state index contributed by atoms with van der Waals surface area (Å²) in [6, 6.07) is 5.79. The summed E-state index contributed by atoms with van der Waals surface area (Å²) in [5.74, 6) is 0.377. The fourth-order valence-electron chi connectivity index (χ4n) is 2.54. The Morgan fingerprint density at radius 3 is 3.06 bits per heavy atom. The number of hydrogen-bond acceptors (Lipinski definition) is 3. The van der Waals surface area contributed by atoms with Crippen LogP contribution in [0.2, 0.25) is 0 Å². The van der Waals surface area contributed by atoms with Gasteiger partial charge in [-0.15, -0.1) is 4.91 Å². The highest BCUT2D eigenvalue weighted by atomic mass is 16.3. The maximum absolute atomic E-state index is 10.8. The van der Waals surface area contributed by atoms with Crippen LogP contribution in [0.3, 0.4) is 0 Å². The van der Waals surface area contributed by atoms with Gasteiger partial charge in [-0.1, -0.05) is 19.1 Å². The van der Waals surface area contributed by atoms with Gasteiger partial charge >= 0.3 is 0 Å². The minimum atomic E-state index is 0.182. The lowest BCUT2D eigenvalue weighted by Gasteiger charge is -2.31. The second-order valence-corrected chi connectivity index (χ2v) is 4.56. The van der Waals surface area contributed by atoms with Gasteiger partial charge in [-0.05, 0) is 42.9 Å². The minimum Gasteiger partial charge on any atom is -0.508 e. The van der Waals surface area contributed by atoms with E-state index < -0.39 is 0 Å². The molecule has 0 saturated heterocycles. The SMILES string of the molecule is CCCN(N=O)[C@H]1CCc2c(O)cccc2C1. The van der Waals surface area contributed by atoms with Crippen molar-refractivity contribution in [2.45, 2.75) is 38.6 Å². The van der Waals surface area contributed by atoms with E-state index in [9.17, 15) is 10.0 Å². The van der Waals surface area contributed by atoms with Gasteiger partial charge in [0.1, 0.15) is 5.75 Å². The van der Waals surface area contributed by atoms with E-state index in [1.165, 1.54) is 0 Å². The molecule has 4 nitrogen and oxygen atoms in total. The average molecular weight is 234 g/mol. The van der Waals surface area contributed by atoms with Crippen LogP contribution >= 0.6 is 0 Å².